The molecule has 0 bridgehead atoms. The van der Waals surface area contributed by atoms with E-state index in [-0.39, 0.29) is 29.6 Å². The summed E-state index contributed by atoms with van der Waals surface area (Å²) in [5, 5.41) is 11.4. The van der Waals surface area contributed by atoms with Gasteiger partial charge in [0.05, 0.1) is 5.56 Å². The van der Waals surface area contributed by atoms with Crippen LogP contribution in [-0.4, -0.2) is 39.9 Å². The predicted molar refractivity (Wildman–Crippen MR) is 75.8 cm³/mol. The summed E-state index contributed by atoms with van der Waals surface area (Å²) in [5.74, 6) is 0.169. The van der Waals surface area contributed by atoms with Gasteiger partial charge in [-0.2, -0.15) is 0 Å². The summed E-state index contributed by atoms with van der Waals surface area (Å²) in [7, 11) is 0. The van der Waals surface area contributed by atoms with Gasteiger partial charge < -0.3 is 20.8 Å². The average Bonchev–Trinajstić information content (AvgIpc) is 2.42. The molecule has 0 atom stereocenters. The number of rotatable bonds is 6. The van der Waals surface area contributed by atoms with Gasteiger partial charge in [0.1, 0.15) is 5.84 Å². The van der Waals surface area contributed by atoms with Crippen molar-refractivity contribution in [3.05, 3.63) is 34.2 Å². The third kappa shape index (κ3) is 4.75. The molecule has 1 heterocycles. The zero-order valence-electron chi connectivity index (χ0n) is 11.7. The molecule has 7 nitrogen and oxygen atoms in total. The summed E-state index contributed by atoms with van der Waals surface area (Å²) in [4.78, 5) is 27.5. The van der Waals surface area contributed by atoms with Gasteiger partial charge in [-0.1, -0.05) is 19.0 Å². The number of hydrogen-bond donors (Lipinski definition) is 3. The fourth-order valence-electron chi connectivity index (χ4n) is 1.74. The molecule has 7 heteroatoms. The van der Waals surface area contributed by atoms with Gasteiger partial charge in [0.25, 0.3) is 5.91 Å². The van der Waals surface area contributed by atoms with E-state index in [1.54, 1.807) is 4.90 Å². The predicted octanol–water partition coefficient (Wildman–Crippen LogP) is 0.610. The number of carbonyl (C=O) groups is 1. The number of hydrogen-bond acceptors (Lipinski definition) is 4. The van der Waals surface area contributed by atoms with E-state index in [9.17, 15) is 9.59 Å². The maximum atomic E-state index is 12.4. The van der Waals surface area contributed by atoms with Crippen molar-refractivity contribution < 1.29 is 10.0 Å². The number of carbonyl (C=O) groups excluding carboxylic acids is 1. The number of amidine groups is 1. The number of H-pyrrole nitrogens is 1. The number of aromatic nitrogens is 1. The van der Waals surface area contributed by atoms with Crippen LogP contribution in [0.4, 0.5) is 0 Å². The summed E-state index contributed by atoms with van der Waals surface area (Å²) >= 11 is 0. The van der Waals surface area contributed by atoms with Crippen molar-refractivity contribution in [3.8, 4) is 0 Å². The molecule has 0 spiro atoms. The number of pyridine rings is 1. The summed E-state index contributed by atoms with van der Waals surface area (Å²) in [6, 6.07) is 2.79. The molecule has 1 aromatic rings. The lowest BCUT2D eigenvalue weighted by Crippen LogP contribution is -2.37. The highest BCUT2D eigenvalue weighted by Crippen LogP contribution is 2.07. The molecular weight excluding hydrogens is 260 g/mol. The van der Waals surface area contributed by atoms with Gasteiger partial charge in [-0.05, 0) is 12.0 Å². The van der Waals surface area contributed by atoms with Gasteiger partial charge in [0.15, 0.2) is 0 Å². The van der Waals surface area contributed by atoms with Gasteiger partial charge >= 0.3 is 0 Å². The van der Waals surface area contributed by atoms with Crippen LogP contribution in [-0.2, 0) is 0 Å². The molecule has 20 heavy (non-hydrogen) atoms. The van der Waals surface area contributed by atoms with E-state index in [0.717, 1.165) is 0 Å². The van der Waals surface area contributed by atoms with Crippen LogP contribution < -0.4 is 11.3 Å². The van der Waals surface area contributed by atoms with Crippen molar-refractivity contribution in [2.24, 2.45) is 16.8 Å². The van der Waals surface area contributed by atoms with Crippen molar-refractivity contribution in [3.63, 3.8) is 0 Å². The Morgan fingerprint density at radius 1 is 1.50 bits per heavy atom. The Labute approximate surface area is 117 Å². The zero-order chi connectivity index (χ0) is 15.1. The van der Waals surface area contributed by atoms with Crippen LogP contribution in [0.5, 0.6) is 0 Å². The maximum absolute atomic E-state index is 12.4. The second-order valence-electron chi connectivity index (χ2n) is 4.93. The van der Waals surface area contributed by atoms with Crippen molar-refractivity contribution in [1.82, 2.24) is 9.88 Å². The van der Waals surface area contributed by atoms with E-state index < -0.39 is 0 Å². The molecule has 0 saturated carbocycles. The number of nitrogens with one attached hydrogen (secondary N) is 1. The van der Waals surface area contributed by atoms with Crippen LogP contribution in [0.2, 0.25) is 0 Å². The largest absolute Gasteiger partial charge is 0.409 e. The van der Waals surface area contributed by atoms with E-state index in [4.69, 9.17) is 10.9 Å². The minimum Gasteiger partial charge on any atom is -0.409 e. The van der Waals surface area contributed by atoms with Crippen LogP contribution in [0.15, 0.2) is 28.3 Å². The summed E-state index contributed by atoms with van der Waals surface area (Å²) in [6.07, 6.45) is 1.68. The molecule has 110 valence electrons. The Morgan fingerprint density at radius 3 is 2.70 bits per heavy atom. The quantitative estimate of drug-likeness (QED) is 0.307. The molecule has 0 saturated heterocycles. The molecule has 0 aromatic carbocycles. The van der Waals surface area contributed by atoms with Crippen LogP contribution in [0.25, 0.3) is 0 Å². The SMILES string of the molecule is CC(C)CN(CC/C(N)=N/O)C(=O)c1ccc(=O)[nH]c1. The van der Waals surface area contributed by atoms with E-state index in [0.29, 0.717) is 18.7 Å². The number of amides is 1. The highest BCUT2D eigenvalue weighted by atomic mass is 16.4. The highest BCUT2D eigenvalue weighted by Gasteiger charge is 2.17. The fourth-order valence-corrected chi connectivity index (χ4v) is 1.74. The lowest BCUT2D eigenvalue weighted by Gasteiger charge is -2.24. The van der Waals surface area contributed by atoms with Gasteiger partial charge in [0, 0.05) is 31.8 Å². The molecule has 1 amide bonds. The van der Waals surface area contributed by atoms with Gasteiger partial charge in [-0.15, -0.1) is 0 Å². The molecule has 0 unspecified atom stereocenters. The third-order valence-electron chi connectivity index (χ3n) is 2.67. The van der Waals surface area contributed by atoms with Crippen molar-refractivity contribution >= 4 is 11.7 Å². The molecule has 1 rings (SSSR count). The van der Waals surface area contributed by atoms with E-state index in [1.165, 1.54) is 18.3 Å². The first kappa shape index (κ1) is 15.7. The zero-order valence-corrected chi connectivity index (χ0v) is 11.7. The number of nitrogens with zero attached hydrogens (tertiary/aromatic N) is 2. The first-order valence-corrected chi connectivity index (χ1v) is 6.38. The van der Waals surface area contributed by atoms with E-state index in [1.807, 2.05) is 13.8 Å². The summed E-state index contributed by atoms with van der Waals surface area (Å²) < 4.78 is 0. The van der Waals surface area contributed by atoms with Crippen molar-refractivity contribution in [1.29, 1.82) is 0 Å². The smallest absolute Gasteiger partial charge is 0.255 e. The molecule has 0 aliphatic heterocycles. The topological polar surface area (TPSA) is 112 Å². The Balaban J connectivity index is 2.83. The molecule has 1 aromatic heterocycles. The average molecular weight is 280 g/mol. The second kappa shape index (κ2) is 7.32. The second-order valence-corrected chi connectivity index (χ2v) is 4.93. The van der Waals surface area contributed by atoms with Crippen LogP contribution in [0.3, 0.4) is 0 Å². The van der Waals surface area contributed by atoms with Crippen molar-refractivity contribution in [2.45, 2.75) is 20.3 Å². The molecule has 4 N–H and O–H groups in total. The standard InChI is InChI=1S/C13H20N4O3/c1-9(2)8-17(6-5-11(14)16-20)13(19)10-3-4-12(18)15-7-10/h3-4,7,9,20H,5-6,8H2,1-2H3,(H2,14,16)(H,15,18). The van der Waals surface area contributed by atoms with Crippen LogP contribution in [0.1, 0.15) is 30.6 Å². The Hall–Kier alpha value is -2.31. The molecular formula is C13H20N4O3. The first-order valence-electron chi connectivity index (χ1n) is 6.38. The van der Waals surface area contributed by atoms with Gasteiger partial charge in [-0.25, -0.2) is 0 Å². The number of aromatic amines is 1. The first-order chi connectivity index (χ1) is 9.43. The third-order valence-corrected chi connectivity index (χ3v) is 2.67. The van der Waals surface area contributed by atoms with Crippen LogP contribution in [0, 0.1) is 5.92 Å². The highest BCUT2D eigenvalue weighted by molar-refractivity contribution is 5.94. The minimum atomic E-state index is -0.256. The molecule has 0 aliphatic rings. The van der Waals surface area contributed by atoms with Crippen LogP contribution >= 0.6 is 0 Å². The number of oxime groups is 1. The Morgan fingerprint density at radius 2 is 2.20 bits per heavy atom. The summed E-state index contributed by atoms with van der Waals surface area (Å²) in [5.41, 5.74) is 5.58. The molecule has 0 fully saturated rings. The maximum Gasteiger partial charge on any atom is 0.255 e. The normalized spacial score (nSPS) is 11.7. The minimum absolute atomic E-state index is 0.0769. The lowest BCUT2D eigenvalue weighted by atomic mass is 10.1. The molecule has 0 radical (unpaired) electrons. The Kier molecular flexibility index (Phi) is 5.76. The van der Waals surface area contributed by atoms with E-state index in [2.05, 4.69) is 10.1 Å². The van der Waals surface area contributed by atoms with Gasteiger partial charge in [0.2, 0.25) is 5.56 Å². The number of nitrogens with two attached hydrogens (primary N) is 1. The monoisotopic (exact) mass is 280 g/mol. The van der Waals surface area contributed by atoms with E-state index >= 15 is 0 Å². The lowest BCUT2D eigenvalue weighted by molar-refractivity contribution is 0.0740. The Bertz CT molecular complexity index is 516. The summed E-state index contributed by atoms with van der Waals surface area (Å²) in [6.45, 7) is 4.90. The van der Waals surface area contributed by atoms with Gasteiger partial charge in [-0.3, -0.25) is 9.59 Å². The van der Waals surface area contributed by atoms with Crippen molar-refractivity contribution in [2.75, 3.05) is 13.1 Å². The molecule has 0 aliphatic carbocycles. The fraction of sp³-hybridized carbons (Fsp3) is 0.462.